The van der Waals surface area contributed by atoms with Crippen LogP contribution in [0.25, 0.3) is 44.4 Å². The fourth-order valence-electron chi connectivity index (χ4n) is 3.46. The highest BCUT2D eigenvalue weighted by Crippen LogP contribution is 2.34. The Morgan fingerprint density at radius 2 is 1.21 bits per heavy atom. The maximum Gasteiger partial charge on any atom is 0.336 e. The lowest BCUT2D eigenvalue weighted by molar-refractivity contribution is 0.559. The SMILES string of the molecule is O=c1ccc2c(ccc3c(=O)c(-c4ccccc4)c(-c4ccccc4)oc32)o1. The molecule has 0 saturated heterocycles. The van der Waals surface area contributed by atoms with Crippen molar-refractivity contribution in [1.82, 2.24) is 0 Å². The summed E-state index contributed by atoms with van der Waals surface area (Å²) in [6, 6.07) is 25.2. The fraction of sp³-hybridized carbons (Fsp3) is 0. The molecule has 0 saturated carbocycles. The summed E-state index contributed by atoms with van der Waals surface area (Å²) in [5, 5.41) is 1.03. The highest BCUT2D eigenvalue weighted by Gasteiger charge is 2.19. The second-order valence-corrected chi connectivity index (χ2v) is 6.48. The molecule has 0 aliphatic carbocycles. The van der Waals surface area contributed by atoms with Crippen LogP contribution in [0.4, 0.5) is 0 Å². The average Bonchev–Trinajstić information content (AvgIpc) is 2.74. The van der Waals surface area contributed by atoms with Crippen molar-refractivity contribution in [1.29, 1.82) is 0 Å². The molecule has 4 nitrogen and oxygen atoms in total. The molecule has 5 aromatic rings. The molecule has 134 valence electrons. The topological polar surface area (TPSA) is 60.4 Å². The first kappa shape index (κ1) is 16.3. The smallest absolute Gasteiger partial charge is 0.336 e. The fourth-order valence-corrected chi connectivity index (χ4v) is 3.46. The number of rotatable bonds is 2. The van der Waals surface area contributed by atoms with E-state index in [1.54, 1.807) is 18.2 Å². The maximum atomic E-state index is 13.5. The molecular weight excluding hydrogens is 352 g/mol. The molecule has 3 aromatic carbocycles. The Labute approximate surface area is 159 Å². The van der Waals surface area contributed by atoms with Gasteiger partial charge in [0.05, 0.1) is 16.3 Å². The maximum absolute atomic E-state index is 13.5. The summed E-state index contributed by atoms with van der Waals surface area (Å²) in [7, 11) is 0. The van der Waals surface area contributed by atoms with E-state index in [4.69, 9.17) is 8.83 Å². The van der Waals surface area contributed by atoms with E-state index < -0.39 is 5.63 Å². The van der Waals surface area contributed by atoms with Crippen LogP contribution in [0.5, 0.6) is 0 Å². The molecule has 2 aromatic heterocycles. The van der Waals surface area contributed by atoms with Crippen molar-refractivity contribution in [3.63, 3.8) is 0 Å². The zero-order valence-corrected chi connectivity index (χ0v) is 14.7. The molecule has 5 rings (SSSR count). The van der Waals surface area contributed by atoms with Gasteiger partial charge in [-0.1, -0.05) is 60.7 Å². The summed E-state index contributed by atoms with van der Waals surface area (Å²) in [5.74, 6) is 0.489. The van der Waals surface area contributed by atoms with E-state index in [0.717, 1.165) is 11.1 Å². The first-order valence-electron chi connectivity index (χ1n) is 8.87. The Balaban J connectivity index is 1.97. The van der Waals surface area contributed by atoms with Gasteiger partial charge in [0.1, 0.15) is 16.9 Å². The number of fused-ring (bicyclic) bond motifs is 3. The van der Waals surface area contributed by atoms with Crippen molar-refractivity contribution >= 4 is 21.9 Å². The molecule has 0 fully saturated rings. The largest absolute Gasteiger partial charge is 0.454 e. The normalized spacial score (nSPS) is 11.1. The van der Waals surface area contributed by atoms with E-state index >= 15 is 0 Å². The predicted octanol–water partition coefficient (Wildman–Crippen LogP) is 5.23. The van der Waals surface area contributed by atoms with Crippen LogP contribution in [-0.2, 0) is 0 Å². The van der Waals surface area contributed by atoms with Gasteiger partial charge < -0.3 is 8.83 Å². The van der Waals surface area contributed by atoms with Crippen molar-refractivity contribution in [2.75, 3.05) is 0 Å². The molecule has 0 amide bonds. The van der Waals surface area contributed by atoms with Crippen LogP contribution in [0, 0.1) is 0 Å². The lowest BCUT2D eigenvalue weighted by Crippen LogP contribution is -2.08. The van der Waals surface area contributed by atoms with Crippen LogP contribution in [0.1, 0.15) is 0 Å². The highest BCUT2D eigenvalue weighted by molar-refractivity contribution is 6.03. The minimum absolute atomic E-state index is 0.126. The predicted molar refractivity (Wildman–Crippen MR) is 109 cm³/mol. The van der Waals surface area contributed by atoms with Gasteiger partial charge in [0, 0.05) is 11.6 Å². The van der Waals surface area contributed by atoms with Crippen molar-refractivity contribution in [2.45, 2.75) is 0 Å². The van der Waals surface area contributed by atoms with Crippen LogP contribution in [0.2, 0.25) is 0 Å². The standard InChI is InChI=1S/C24H14O4/c25-20-14-12-17-19(27-20)13-11-18-22(26)21(15-7-3-1-4-8-15)23(28-24(17)18)16-9-5-2-6-10-16/h1-14H. The van der Waals surface area contributed by atoms with E-state index in [-0.39, 0.29) is 5.43 Å². The molecule has 0 spiro atoms. The zero-order valence-electron chi connectivity index (χ0n) is 14.7. The third kappa shape index (κ3) is 2.55. The quantitative estimate of drug-likeness (QED) is 0.317. The second kappa shape index (κ2) is 6.35. The van der Waals surface area contributed by atoms with Crippen molar-refractivity contribution in [3.05, 3.63) is 106 Å². The van der Waals surface area contributed by atoms with E-state index in [1.807, 2.05) is 60.7 Å². The molecule has 0 unspecified atom stereocenters. The molecule has 28 heavy (non-hydrogen) atoms. The van der Waals surface area contributed by atoms with Crippen LogP contribution < -0.4 is 11.1 Å². The monoisotopic (exact) mass is 366 g/mol. The minimum atomic E-state index is -0.446. The summed E-state index contributed by atoms with van der Waals surface area (Å²) in [5.41, 5.74) is 2.32. The van der Waals surface area contributed by atoms with Crippen LogP contribution in [-0.4, -0.2) is 0 Å². The molecule has 2 heterocycles. The first-order valence-corrected chi connectivity index (χ1v) is 8.87. The van der Waals surface area contributed by atoms with Gasteiger partial charge in [-0.2, -0.15) is 0 Å². The van der Waals surface area contributed by atoms with Gasteiger partial charge in [-0.05, 0) is 23.8 Å². The first-order chi connectivity index (χ1) is 13.7. The van der Waals surface area contributed by atoms with Crippen molar-refractivity contribution in [2.24, 2.45) is 0 Å². The molecule has 0 atom stereocenters. The van der Waals surface area contributed by atoms with E-state index in [0.29, 0.717) is 33.3 Å². The van der Waals surface area contributed by atoms with Crippen molar-refractivity contribution < 1.29 is 8.83 Å². The van der Waals surface area contributed by atoms with Gasteiger partial charge in [0.25, 0.3) is 0 Å². The molecule has 4 heteroatoms. The number of hydrogen-bond donors (Lipinski definition) is 0. The summed E-state index contributed by atoms with van der Waals surface area (Å²) >= 11 is 0. The third-order valence-electron chi connectivity index (χ3n) is 4.75. The van der Waals surface area contributed by atoms with Gasteiger partial charge in [-0.25, -0.2) is 4.79 Å². The molecule has 0 N–H and O–H groups in total. The molecule has 0 aliphatic heterocycles. The Bertz CT molecular complexity index is 1430. The number of benzene rings is 3. The van der Waals surface area contributed by atoms with Crippen LogP contribution in [0.15, 0.2) is 103 Å². The Kier molecular flexibility index (Phi) is 3.69. The van der Waals surface area contributed by atoms with Crippen molar-refractivity contribution in [3.8, 4) is 22.5 Å². The molecular formula is C24H14O4. The lowest BCUT2D eigenvalue weighted by Gasteiger charge is -2.11. The molecule has 0 bridgehead atoms. The summed E-state index contributed by atoms with van der Waals surface area (Å²) in [4.78, 5) is 25.0. The van der Waals surface area contributed by atoms with E-state index in [2.05, 4.69) is 0 Å². The highest BCUT2D eigenvalue weighted by atomic mass is 16.4. The average molecular weight is 366 g/mol. The summed E-state index contributed by atoms with van der Waals surface area (Å²) in [6.07, 6.45) is 0. The van der Waals surface area contributed by atoms with Gasteiger partial charge in [0.2, 0.25) is 5.43 Å². The Morgan fingerprint density at radius 3 is 1.93 bits per heavy atom. The second-order valence-electron chi connectivity index (χ2n) is 6.48. The third-order valence-corrected chi connectivity index (χ3v) is 4.75. The Hall–Kier alpha value is -3.92. The van der Waals surface area contributed by atoms with Crippen LogP contribution in [0.3, 0.4) is 0 Å². The van der Waals surface area contributed by atoms with Crippen LogP contribution >= 0.6 is 0 Å². The summed E-state index contributed by atoms with van der Waals surface area (Å²) < 4.78 is 11.6. The summed E-state index contributed by atoms with van der Waals surface area (Å²) in [6.45, 7) is 0. The van der Waals surface area contributed by atoms with Gasteiger partial charge in [-0.3, -0.25) is 4.79 Å². The van der Waals surface area contributed by atoms with E-state index in [1.165, 1.54) is 6.07 Å². The van der Waals surface area contributed by atoms with Gasteiger partial charge >= 0.3 is 5.63 Å². The zero-order chi connectivity index (χ0) is 19.1. The Morgan fingerprint density at radius 1 is 0.571 bits per heavy atom. The van der Waals surface area contributed by atoms with Gasteiger partial charge in [-0.15, -0.1) is 0 Å². The lowest BCUT2D eigenvalue weighted by atomic mass is 9.98. The number of hydrogen-bond acceptors (Lipinski definition) is 4. The minimum Gasteiger partial charge on any atom is -0.454 e. The van der Waals surface area contributed by atoms with Gasteiger partial charge in [0.15, 0.2) is 0 Å². The molecule has 0 aliphatic rings. The molecule has 0 radical (unpaired) electrons. The van der Waals surface area contributed by atoms with E-state index in [9.17, 15) is 9.59 Å².